The minimum absolute atomic E-state index is 0.0489. The fraction of sp³-hybridized carbons (Fsp3) is 0.321. The summed E-state index contributed by atoms with van der Waals surface area (Å²) in [5.74, 6) is 6.22. The molecule has 0 unspecified atom stereocenters. The van der Waals surface area contributed by atoms with E-state index in [-0.39, 0.29) is 29.5 Å². The number of anilines is 1. The van der Waals surface area contributed by atoms with Gasteiger partial charge in [-0.1, -0.05) is 26.3 Å². The molecule has 5 rings (SSSR count). The average molecular weight is 496 g/mol. The van der Waals surface area contributed by atoms with Gasteiger partial charge in [0.15, 0.2) is 5.78 Å². The van der Waals surface area contributed by atoms with Crippen LogP contribution in [0.25, 0.3) is 21.9 Å². The van der Waals surface area contributed by atoms with Gasteiger partial charge in [-0.3, -0.25) is 14.3 Å². The van der Waals surface area contributed by atoms with Crippen LogP contribution < -0.4 is 5.73 Å². The number of carbonyl (C=O) groups excluding carboxylic acids is 2. The highest BCUT2D eigenvalue weighted by atomic mass is 16.2. The summed E-state index contributed by atoms with van der Waals surface area (Å²) < 4.78 is 3.89. The number of Topliss-reactive ketones (excluding diaryl/α,β-unsaturated/α-hetero) is 1. The number of imidazole rings is 1. The summed E-state index contributed by atoms with van der Waals surface area (Å²) in [5.41, 5.74) is 10.6. The normalized spacial score (nSPS) is 15.4. The van der Waals surface area contributed by atoms with E-state index in [4.69, 9.17) is 10.8 Å². The third-order valence-electron chi connectivity index (χ3n) is 6.83. The Morgan fingerprint density at radius 1 is 1.27 bits per heavy atom. The van der Waals surface area contributed by atoms with Crippen LogP contribution in [0.5, 0.6) is 0 Å². The Kier molecular flexibility index (Phi) is 6.25. The lowest BCUT2D eigenvalue weighted by Crippen LogP contribution is -2.27. The van der Waals surface area contributed by atoms with Gasteiger partial charge in [0.05, 0.1) is 39.9 Å². The maximum Gasteiger partial charge on any atom is 0.246 e. The third kappa shape index (κ3) is 4.25. The maximum absolute atomic E-state index is 13.2. The van der Waals surface area contributed by atoms with Gasteiger partial charge >= 0.3 is 0 Å². The number of aryl methyl sites for hydroxylation is 1. The summed E-state index contributed by atoms with van der Waals surface area (Å²) >= 11 is 0. The molecule has 1 fully saturated rings. The molecule has 1 saturated heterocycles. The molecule has 1 amide bonds. The van der Waals surface area contributed by atoms with E-state index in [2.05, 4.69) is 39.9 Å². The molecule has 1 atom stereocenters. The molecule has 4 heterocycles. The van der Waals surface area contributed by atoms with Crippen LogP contribution in [-0.4, -0.2) is 54.0 Å². The number of aromatic nitrogens is 5. The first-order valence-corrected chi connectivity index (χ1v) is 12.4. The number of nitrogens with two attached hydrogens (primary N) is 1. The van der Waals surface area contributed by atoms with Crippen molar-refractivity contribution in [2.24, 2.45) is 5.92 Å². The zero-order valence-electron chi connectivity index (χ0n) is 21.2. The zero-order chi connectivity index (χ0) is 26.3. The number of amides is 1. The van der Waals surface area contributed by atoms with Crippen molar-refractivity contribution in [2.75, 3.05) is 18.8 Å². The van der Waals surface area contributed by atoms with E-state index in [1.165, 1.54) is 12.3 Å². The molecule has 9 heteroatoms. The number of pyridine rings is 1. The molecule has 0 radical (unpaired) electrons. The number of likely N-dealkylation sites (tertiary alicyclic amines) is 1. The summed E-state index contributed by atoms with van der Waals surface area (Å²) in [6.07, 6.45) is 5.35. The van der Waals surface area contributed by atoms with Crippen LogP contribution in [0, 0.1) is 17.8 Å². The summed E-state index contributed by atoms with van der Waals surface area (Å²) in [6, 6.07) is 5.77. The molecule has 1 aliphatic rings. The molecule has 1 aliphatic heterocycles. The summed E-state index contributed by atoms with van der Waals surface area (Å²) in [5, 5.41) is 5.40. The molecular formula is C28H29N7O2. The SMILES string of the molecule is C=CC(=O)N1CC[C@H](n2nc(C#Cc3ccc4c(c3)ncn4CC)c3c(N)ncc(C(=O)C(C)C)c32)C1. The van der Waals surface area contributed by atoms with E-state index in [1.54, 1.807) is 4.90 Å². The molecule has 0 aliphatic carbocycles. The highest BCUT2D eigenvalue weighted by Crippen LogP contribution is 2.33. The number of nitrogens with zero attached hydrogens (tertiary/aromatic N) is 6. The second-order valence-corrected chi connectivity index (χ2v) is 9.51. The Morgan fingerprint density at radius 3 is 2.81 bits per heavy atom. The molecule has 4 aromatic rings. The number of carbonyl (C=O) groups is 2. The van der Waals surface area contributed by atoms with Gasteiger partial charge in [0.25, 0.3) is 0 Å². The maximum atomic E-state index is 13.2. The van der Waals surface area contributed by atoms with Gasteiger partial charge in [-0.05, 0) is 43.5 Å². The van der Waals surface area contributed by atoms with E-state index < -0.39 is 0 Å². The Bertz CT molecular complexity index is 1620. The summed E-state index contributed by atoms with van der Waals surface area (Å²) in [7, 11) is 0. The molecule has 2 N–H and O–H groups in total. The van der Waals surface area contributed by atoms with E-state index in [0.29, 0.717) is 41.7 Å². The lowest BCUT2D eigenvalue weighted by atomic mass is 10.00. The monoisotopic (exact) mass is 495 g/mol. The summed E-state index contributed by atoms with van der Waals surface area (Å²) in [4.78, 5) is 35.9. The third-order valence-corrected chi connectivity index (χ3v) is 6.83. The lowest BCUT2D eigenvalue weighted by molar-refractivity contribution is -0.125. The predicted octanol–water partition coefficient (Wildman–Crippen LogP) is 3.58. The Hall–Kier alpha value is -4.45. The van der Waals surface area contributed by atoms with Crippen LogP contribution in [0.1, 0.15) is 54.8 Å². The van der Waals surface area contributed by atoms with Crippen molar-refractivity contribution >= 4 is 39.4 Å². The second kappa shape index (κ2) is 9.54. The Morgan fingerprint density at radius 2 is 2.08 bits per heavy atom. The molecule has 0 spiro atoms. The first-order chi connectivity index (χ1) is 17.8. The number of ketones is 1. The van der Waals surface area contributed by atoms with Crippen molar-refractivity contribution in [1.29, 1.82) is 0 Å². The van der Waals surface area contributed by atoms with Gasteiger partial charge in [-0.25, -0.2) is 9.97 Å². The van der Waals surface area contributed by atoms with Crippen molar-refractivity contribution < 1.29 is 9.59 Å². The first kappa shape index (κ1) is 24.3. The molecule has 0 bridgehead atoms. The number of hydrogen-bond acceptors (Lipinski definition) is 6. The van der Waals surface area contributed by atoms with Crippen molar-refractivity contribution in [1.82, 2.24) is 29.2 Å². The first-order valence-electron chi connectivity index (χ1n) is 12.4. The largest absolute Gasteiger partial charge is 0.383 e. The van der Waals surface area contributed by atoms with Crippen molar-refractivity contribution in [3.05, 3.63) is 60.2 Å². The summed E-state index contributed by atoms with van der Waals surface area (Å²) in [6.45, 7) is 11.2. The minimum Gasteiger partial charge on any atom is -0.383 e. The van der Waals surface area contributed by atoms with Gasteiger partial charge in [-0.2, -0.15) is 5.10 Å². The fourth-order valence-corrected chi connectivity index (χ4v) is 4.83. The number of hydrogen-bond donors (Lipinski definition) is 1. The van der Waals surface area contributed by atoms with Gasteiger partial charge < -0.3 is 15.2 Å². The standard InChI is InChI=1S/C28H29N7O2/c1-5-24(36)34-12-11-19(15-34)35-26-20(27(37)17(3)4)14-30-28(29)25(26)21(32-35)9-7-18-8-10-23-22(13-18)31-16-33(23)6-2/h5,8,10,13-14,16-17,19H,1,6,11-12,15H2,2-4H3,(H2,29,30)/t19-/m0/s1. The number of benzene rings is 1. The Labute approximate surface area is 215 Å². The van der Waals surface area contributed by atoms with Crippen LogP contribution in [-0.2, 0) is 11.3 Å². The van der Waals surface area contributed by atoms with E-state index >= 15 is 0 Å². The number of fused-ring (bicyclic) bond motifs is 2. The molecule has 0 saturated carbocycles. The number of nitrogen functional groups attached to an aromatic ring is 1. The van der Waals surface area contributed by atoms with Crippen LogP contribution in [0.3, 0.4) is 0 Å². The minimum atomic E-state index is -0.233. The number of rotatable bonds is 5. The molecule has 9 nitrogen and oxygen atoms in total. The molecule has 3 aromatic heterocycles. The van der Waals surface area contributed by atoms with Gasteiger partial charge in [0, 0.05) is 37.3 Å². The molecule has 37 heavy (non-hydrogen) atoms. The zero-order valence-corrected chi connectivity index (χ0v) is 21.2. The van der Waals surface area contributed by atoms with E-state index in [9.17, 15) is 9.59 Å². The van der Waals surface area contributed by atoms with E-state index in [0.717, 1.165) is 23.1 Å². The highest BCUT2D eigenvalue weighted by molar-refractivity contribution is 6.10. The second-order valence-electron chi connectivity index (χ2n) is 9.51. The molecular weight excluding hydrogens is 466 g/mol. The van der Waals surface area contributed by atoms with Gasteiger partial charge in [-0.15, -0.1) is 0 Å². The van der Waals surface area contributed by atoms with Crippen LogP contribution in [0.4, 0.5) is 5.82 Å². The predicted molar refractivity (Wildman–Crippen MR) is 143 cm³/mol. The Balaban J connectivity index is 1.64. The lowest BCUT2D eigenvalue weighted by Gasteiger charge is -2.16. The average Bonchev–Trinajstić information content (AvgIpc) is 3.63. The molecule has 188 valence electrons. The van der Waals surface area contributed by atoms with Crippen LogP contribution in [0.2, 0.25) is 0 Å². The highest BCUT2D eigenvalue weighted by Gasteiger charge is 2.31. The van der Waals surface area contributed by atoms with Crippen molar-refractivity contribution in [2.45, 2.75) is 39.8 Å². The van der Waals surface area contributed by atoms with Crippen LogP contribution >= 0.6 is 0 Å². The van der Waals surface area contributed by atoms with E-state index in [1.807, 2.05) is 43.1 Å². The topological polar surface area (TPSA) is 112 Å². The van der Waals surface area contributed by atoms with Gasteiger partial charge in [0.2, 0.25) is 5.91 Å². The smallest absolute Gasteiger partial charge is 0.246 e. The van der Waals surface area contributed by atoms with Crippen molar-refractivity contribution in [3.63, 3.8) is 0 Å². The van der Waals surface area contributed by atoms with Gasteiger partial charge in [0.1, 0.15) is 11.5 Å². The molecule has 1 aromatic carbocycles. The quantitative estimate of drug-likeness (QED) is 0.257. The fourth-order valence-electron chi connectivity index (χ4n) is 4.83. The van der Waals surface area contributed by atoms with Crippen molar-refractivity contribution in [3.8, 4) is 11.8 Å². The van der Waals surface area contributed by atoms with Crippen LogP contribution in [0.15, 0.2) is 43.4 Å².